The molecule has 2 aromatic heterocycles. The van der Waals surface area contributed by atoms with Gasteiger partial charge < -0.3 is 5.32 Å². The van der Waals surface area contributed by atoms with Gasteiger partial charge in [0.25, 0.3) is 0 Å². The Kier molecular flexibility index (Phi) is 3.82. The van der Waals surface area contributed by atoms with Crippen molar-refractivity contribution in [1.29, 1.82) is 0 Å². The van der Waals surface area contributed by atoms with Gasteiger partial charge in [0.05, 0.1) is 17.9 Å². The van der Waals surface area contributed by atoms with Crippen LogP contribution in [0.1, 0.15) is 18.5 Å². The number of aromatic nitrogens is 3. The minimum absolute atomic E-state index is 0.232. The Morgan fingerprint density at radius 3 is 2.90 bits per heavy atom. The van der Waals surface area contributed by atoms with Crippen molar-refractivity contribution in [2.45, 2.75) is 13.0 Å². The molecule has 0 aliphatic carbocycles. The second-order valence-corrected chi connectivity index (χ2v) is 5.78. The molecule has 0 saturated heterocycles. The highest BCUT2D eigenvalue weighted by Gasteiger charge is 2.14. The second kappa shape index (κ2) is 5.61. The molecule has 0 bridgehead atoms. The van der Waals surface area contributed by atoms with Crippen LogP contribution in [0.4, 0.5) is 10.1 Å². The minimum atomic E-state index is -0.252. The molecular formula is C14H11BrClFN4. The molecule has 21 heavy (non-hydrogen) atoms. The zero-order valence-corrected chi connectivity index (χ0v) is 13.4. The molecule has 1 atom stereocenters. The Morgan fingerprint density at radius 2 is 2.14 bits per heavy atom. The number of hydrogen-bond donors (Lipinski definition) is 1. The SMILES string of the molecule is C[C@H](Nc1cc(Cl)nn2c(Br)cnc12)c1ccccc1F. The van der Waals surface area contributed by atoms with E-state index in [0.29, 0.717) is 26.7 Å². The van der Waals surface area contributed by atoms with Gasteiger partial charge in [0, 0.05) is 11.6 Å². The van der Waals surface area contributed by atoms with Crippen molar-refractivity contribution in [3.05, 3.63) is 57.7 Å². The molecule has 0 fully saturated rings. The van der Waals surface area contributed by atoms with Crippen molar-refractivity contribution in [3.8, 4) is 0 Å². The fourth-order valence-corrected chi connectivity index (χ4v) is 2.69. The first-order valence-corrected chi connectivity index (χ1v) is 7.44. The molecule has 0 aliphatic heterocycles. The molecule has 1 aromatic carbocycles. The van der Waals surface area contributed by atoms with Crippen LogP contribution in [0.3, 0.4) is 0 Å². The van der Waals surface area contributed by atoms with E-state index in [1.165, 1.54) is 6.07 Å². The zero-order valence-electron chi connectivity index (χ0n) is 11.0. The quantitative estimate of drug-likeness (QED) is 0.741. The lowest BCUT2D eigenvalue weighted by atomic mass is 10.1. The molecule has 3 aromatic rings. The predicted octanol–water partition coefficient (Wildman–Crippen LogP) is 4.46. The maximum Gasteiger partial charge on any atom is 0.178 e. The number of fused-ring (bicyclic) bond motifs is 1. The molecule has 1 N–H and O–H groups in total. The van der Waals surface area contributed by atoms with Crippen LogP contribution in [0.2, 0.25) is 5.15 Å². The molecule has 108 valence electrons. The van der Waals surface area contributed by atoms with E-state index in [1.54, 1.807) is 35.0 Å². The summed E-state index contributed by atoms with van der Waals surface area (Å²) in [4.78, 5) is 4.27. The van der Waals surface area contributed by atoms with Crippen molar-refractivity contribution in [2.24, 2.45) is 0 Å². The van der Waals surface area contributed by atoms with Crippen LogP contribution in [0.15, 0.2) is 41.1 Å². The van der Waals surface area contributed by atoms with Crippen molar-refractivity contribution in [1.82, 2.24) is 14.6 Å². The zero-order chi connectivity index (χ0) is 15.0. The highest BCUT2D eigenvalue weighted by molar-refractivity contribution is 9.10. The molecule has 0 aliphatic rings. The van der Waals surface area contributed by atoms with E-state index < -0.39 is 0 Å². The molecule has 4 nitrogen and oxygen atoms in total. The van der Waals surface area contributed by atoms with E-state index in [9.17, 15) is 4.39 Å². The summed E-state index contributed by atoms with van der Waals surface area (Å²) in [6.45, 7) is 1.88. The predicted molar refractivity (Wildman–Crippen MR) is 84.1 cm³/mol. The summed E-state index contributed by atoms with van der Waals surface area (Å²) in [5, 5.41) is 7.70. The number of nitrogens with one attached hydrogen (secondary N) is 1. The van der Waals surface area contributed by atoms with Crippen LogP contribution in [-0.2, 0) is 0 Å². The first-order chi connectivity index (χ1) is 10.1. The number of nitrogens with zero attached hydrogens (tertiary/aromatic N) is 3. The standard InChI is InChI=1S/C14H11BrClFN4/c1-8(9-4-2-3-5-10(9)17)19-11-6-13(16)20-21-12(15)7-18-14(11)21/h2-8,19H,1H3/t8-/m0/s1. The smallest absolute Gasteiger partial charge is 0.178 e. The fraction of sp³-hybridized carbons (Fsp3) is 0.143. The van der Waals surface area contributed by atoms with Crippen LogP contribution in [0.25, 0.3) is 5.65 Å². The van der Waals surface area contributed by atoms with E-state index in [4.69, 9.17) is 11.6 Å². The van der Waals surface area contributed by atoms with E-state index >= 15 is 0 Å². The summed E-state index contributed by atoms with van der Waals surface area (Å²) in [6.07, 6.45) is 1.64. The molecule has 0 spiro atoms. The Balaban J connectivity index is 2.00. The Bertz CT molecular complexity index is 805. The topological polar surface area (TPSA) is 42.2 Å². The van der Waals surface area contributed by atoms with E-state index in [1.807, 2.05) is 6.92 Å². The van der Waals surface area contributed by atoms with Gasteiger partial charge in [-0.05, 0) is 28.9 Å². The van der Waals surface area contributed by atoms with Gasteiger partial charge in [-0.3, -0.25) is 0 Å². The third-order valence-corrected chi connectivity index (χ3v) is 3.87. The van der Waals surface area contributed by atoms with Crippen LogP contribution in [0, 0.1) is 5.82 Å². The largest absolute Gasteiger partial charge is 0.375 e. The van der Waals surface area contributed by atoms with E-state index in [0.717, 1.165) is 0 Å². The lowest BCUT2D eigenvalue weighted by Gasteiger charge is -2.17. The van der Waals surface area contributed by atoms with Gasteiger partial charge in [-0.25, -0.2) is 13.9 Å². The maximum absolute atomic E-state index is 13.8. The van der Waals surface area contributed by atoms with E-state index in [-0.39, 0.29) is 11.9 Å². The van der Waals surface area contributed by atoms with Crippen molar-refractivity contribution in [3.63, 3.8) is 0 Å². The third-order valence-electron chi connectivity index (χ3n) is 3.14. The van der Waals surface area contributed by atoms with Crippen molar-refractivity contribution >= 4 is 38.9 Å². The molecule has 3 rings (SSSR count). The molecular weight excluding hydrogens is 359 g/mol. The molecule has 0 radical (unpaired) electrons. The van der Waals surface area contributed by atoms with Gasteiger partial charge >= 0.3 is 0 Å². The molecule has 0 saturated carbocycles. The summed E-state index contributed by atoms with van der Waals surface area (Å²) in [6, 6.07) is 8.09. The molecule has 2 heterocycles. The summed E-state index contributed by atoms with van der Waals surface area (Å²) < 4.78 is 16.1. The highest BCUT2D eigenvalue weighted by atomic mass is 79.9. The summed E-state index contributed by atoms with van der Waals surface area (Å²) in [5.74, 6) is -0.252. The minimum Gasteiger partial charge on any atom is -0.375 e. The van der Waals surface area contributed by atoms with Gasteiger partial charge in [0.2, 0.25) is 0 Å². The fourth-order valence-electron chi connectivity index (χ4n) is 2.16. The van der Waals surface area contributed by atoms with Crippen LogP contribution in [-0.4, -0.2) is 14.6 Å². The average Bonchev–Trinajstić information content (AvgIpc) is 2.81. The second-order valence-electron chi connectivity index (χ2n) is 4.58. The highest BCUT2D eigenvalue weighted by Crippen LogP contribution is 2.27. The molecule has 0 unspecified atom stereocenters. The van der Waals surface area contributed by atoms with Gasteiger partial charge in [0.15, 0.2) is 10.8 Å². The lowest BCUT2D eigenvalue weighted by Crippen LogP contribution is -2.10. The number of rotatable bonds is 3. The van der Waals surface area contributed by atoms with Gasteiger partial charge in [-0.15, -0.1) is 0 Å². The first-order valence-electron chi connectivity index (χ1n) is 6.27. The maximum atomic E-state index is 13.8. The third kappa shape index (κ3) is 2.73. The summed E-state index contributed by atoms with van der Waals surface area (Å²) in [5.41, 5.74) is 1.89. The van der Waals surface area contributed by atoms with Crippen molar-refractivity contribution in [2.75, 3.05) is 5.32 Å². The molecule has 0 amide bonds. The van der Waals surface area contributed by atoms with Gasteiger partial charge in [0.1, 0.15) is 10.4 Å². The Hall–Kier alpha value is -1.66. The summed E-state index contributed by atoms with van der Waals surface area (Å²) >= 11 is 9.37. The van der Waals surface area contributed by atoms with Crippen molar-refractivity contribution < 1.29 is 4.39 Å². The van der Waals surface area contributed by atoms with E-state index in [2.05, 4.69) is 31.3 Å². The number of hydrogen-bond acceptors (Lipinski definition) is 3. The number of benzene rings is 1. The average molecular weight is 370 g/mol. The van der Waals surface area contributed by atoms with Crippen LogP contribution >= 0.6 is 27.5 Å². The van der Waals surface area contributed by atoms with Gasteiger partial charge in [-0.1, -0.05) is 29.8 Å². The number of anilines is 1. The normalized spacial score (nSPS) is 12.6. The number of halogens is 3. The monoisotopic (exact) mass is 368 g/mol. The Morgan fingerprint density at radius 1 is 1.38 bits per heavy atom. The first kappa shape index (κ1) is 14.3. The van der Waals surface area contributed by atoms with Crippen LogP contribution in [0.5, 0.6) is 0 Å². The lowest BCUT2D eigenvalue weighted by molar-refractivity contribution is 0.600. The van der Waals surface area contributed by atoms with Crippen LogP contribution < -0.4 is 5.32 Å². The Labute approximate surface area is 134 Å². The summed E-state index contributed by atoms with van der Waals surface area (Å²) in [7, 11) is 0. The number of imidazole rings is 1. The molecule has 7 heteroatoms. The van der Waals surface area contributed by atoms with Gasteiger partial charge in [-0.2, -0.15) is 5.10 Å².